The van der Waals surface area contributed by atoms with Crippen molar-refractivity contribution in [2.75, 3.05) is 0 Å². The molecule has 0 aliphatic carbocycles. The summed E-state index contributed by atoms with van der Waals surface area (Å²) in [6.45, 7) is 5.51. The zero-order valence-electron chi connectivity index (χ0n) is 26.1. The minimum absolute atomic E-state index is 0.131. The number of nitrogens with zero attached hydrogens (tertiary/aromatic N) is 2. The molecule has 0 atom stereocenters. The Morgan fingerprint density at radius 3 is 1.98 bits per heavy atom. The topological polar surface area (TPSA) is 17.3 Å². The first-order valence-electron chi connectivity index (χ1n) is 17.2. The van der Waals surface area contributed by atoms with E-state index < -0.39 is 11.8 Å². The van der Waals surface area contributed by atoms with Crippen LogP contribution in [0.25, 0.3) is 27.5 Å². The van der Waals surface area contributed by atoms with Gasteiger partial charge in [0.05, 0.1) is 0 Å². The standard InChI is InChI=1S/C37H23B7N2P2/c1-3-12-24(13-4-1)37(25-14-5-2-6-15-25)28-18-10-22-32-34(28)41(30-20-9-17-27-26-16-7-8-21-31(26)46(32)36(27)30)35-29(37)19-11-23-33(35)48(39-42(48)40-48)45-47-43-38-44(43)47/h1-23H/q-1. The van der Waals surface area contributed by atoms with Gasteiger partial charge in [-0.15, -0.1) is 0 Å². The van der Waals surface area contributed by atoms with E-state index in [4.69, 9.17) is 4.52 Å². The molecule has 2 nitrogen and oxygen atoms in total. The van der Waals surface area contributed by atoms with E-state index in [1.54, 1.807) is 5.30 Å². The van der Waals surface area contributed by atoms with Gasteiger partial charge < -0.3 is 0 Å². The van der Waals surface area contributed by atoms with Crippen molar-refractivity contribution in [3.05, 3.63) is 162 Å². The molecule has 11 heteroatoms. The maximum absolute atomic E-state index is 5.98. The van der Waals surface area contributed by atoms with Gasteiger partial charge in [0.25, 0.3) is 0 Å². The molecular weight excluding hydrogens is 610 g/mol. The molecular formula is C37H23B7N2P2-. The molecule has 213 valence electrons. The molecule has 5 radical (unpaired) electrons. The third-order valence-corrected chi connectivity index (χ3v) is 21.1. The van der Waals surface area contributed by atoms with Gasteiger partial charge in [-0.1, -0.05) is 0 Å². The molecule has 0 unspecified atom stereocenters. The van der Waals surface area contributed by atoms with Gasteiger partial charge in [-0.25, -0.2) is 0 Å². The summed E-state index contributed by atoms with van der Waals surface area (Å²) < 4.78 is 8.57. The Bertz CT molecular complexity index is 2620. The summed E-state index contributed by atoms with van der Waals surface area (Å²) in [5.74, 6) is 0. The van der Waals surface area contributed by atoms with E-state index in [2.05, 4.69) is 165 Å². The summed E-state index contributed by atoms with van der Waals surface area (Å²) in [6, 6.07) is 53.3. The van der Waals surface area contributed by atoms with Crippen LogP contribution in [-0.4, -0.2) is 50.8 Å². The van der Waals surface area contributed by atoms with Crippen molar-refractivity contribution in [1.29, 1.82) is 0 Å². The van der Waals surface area contributed by atoms with Crippen LogP contribution in [0.4, 0.5) is 0 Å². The van der Waals surface area contributed by atoms with Gasteiger partial charge in [-0.05, 0) is 0 Å². The summed E-state index contributed by atoms with van der Waals surface area (Å²) in [6.07, 6.45) is -0.341. The van der Waals surface area contributed by atoms with Gasteiger partial charge in [0.1, 0.15) is 0 Å². The fourth-order valence-electron chi connectivity index (χ4n) is 10.1. The number of para-hydroxylation sites is 2. The molecule has 0 saturated carbocycles. The van der Waals surface area contributed by atoms with Crippen LogP contribution in [-0.2, 0) is 5.41 Å². The first-order valence-corrected chi connectivity index (χ1v) is 21.1. The number of fused-ring (bicyclic) bond motifs is 9. The third-order valence-electron chi connectivity index (χ3n) is 12.6. The monoisotopic (exact) mass is 634 g/mol. The van der Waals surface area contributed by atoms with Crippen LogP contribution < -0.4 is 21.7 Å². The molecule has 13 rings (SSSR count). The predicted octanol–water partition coefficient (Wildman–Crippen LogP) is 5.11. The van der Waals surface area contributed by atoms with E-state index in [1.165, 1.54) is 66.1 Å². The molecule has 6 aliphatic heterocycles. The van der Waals surface area contributed by atoms with Gasteiger partial charge in [-0.3, -0.25) is 0 Å². The number of rotatable bonds is 4. The molecule has 0 bridgehead atoms. The molecule has 4 fully saturated rings. The molecule has 0 amide bonds. The van der Waals surface area contributed by atoms with Crippen molar-refractivity contribution < 1.29 is 0 Å². The second-order valence-corrected chi connectivity index (χ2v) is 21.6. The van der Waals surface area contributed by atoms with E-state index in [9.17, 15) is 0 Å². The molecule has 4 saturated heterocycles. The van der Waals surface area contributed by atoms with E-state index in [0.29, 0.717) is 6.21 Å². The second-order valence-electron chi connectivity index (χ2n) is 14.7. The fraction of sp³-hybridized carbons (Fsp3) is 0.0270. The van der Waals surface area contributed by atoms with Crippen molar-refractivity contribution in [2.24, 2.45) is 4.52 Å². The summed E-state index contributed by atoms with van der Waals surface area (Å²) >= 11 is 0. The van der Waals surface area contributed by atoms with Crippen LogP contribution in [0.2, 0.25) is 0 Å². The quantitative estimate of drug-likeness (QED) is 0.190. The number of aromatic nitrogens is 1. The van der Waals surface area contributed by atoms with E-state index in [-0.39, 0.29) is 14.2 Å². The molecule has 48 heavy (non-hydrogen) atoms. The minimum atomic E-state index is -2.53. The van der Waals surface area contributed by atoms with E-state index in [1.807, 2.05) is 0 Å². The summed E-state index contributed by atoms with van der Waals surface area (Å²) in [5, 5.41) is 4.23. The van der Waals surface area contributed by atoms with Gasteiger partial charge >= 0.3 is 286 Å². The number of benzene rings is 6. The first kappa shape index (κ1) is 26.0. The van der Waals surface area contributed by atoms with Crippen molar-refractivity contribution in [2.45, 2.75) is 5.41 Å². The third kappa shape index (κ3) is 2.81. The zero-order chi connectivity index (χ0) is 31.0. The van der Waals surface area contributed by atoms with Crippen molar-refractivity contribution in [3.8, 4) is 5.69 Å². The Morgan fingerprint density at radius 2 is 1.29 bits per heavy atom. The molecule has 0 spiro atoms. The molecule has 6 aliphatic rings. The fourth-order valence-corrected chi connectivity index (χ4v) is 19.5. The van der Waals surface area contributed by atoms with Crippen LogP contribution in [0, 0.1) is 0 Å². The second kappa shape index (κ2) is 8.27. The van der Waals surface area contributed by atoms with Crippen LogP contribution in [0.1, 0.15) is 22.3 Å². The van der Waals surface area contributed by atoms with Gasteiger partial charge in [0.15, 0.2) is 0 Å². The summed E-state index contributed by atoms with van der Waals surface area (Å²) in [4.78, 5) is 0. The Hall–Kier alpha value is -3.90. The number of hydrogen-bond acceptors (Lipinski definition) is 1. The average molecular weight is 633 g/mol. The van der Waals surface area contributed by atoms with Gasteiger partial charge in [-0.2, -0.15) is 0 Å². The molecule has 0 N–H and O–H groups in total. The van der Waals surface area contributed by atoms with Crippen LogP contribution in [0.5, 0.6) is 0 Å². The van der Waals surface area contributed by atoms with Crippen molar-refractivity contribution in [3.63, 3.8) is 0 Å². The number of hydrogen-bond donors (Lipinski definition) is 0. The average Bonchev–Trinajstić information content (AvgIpc) is 4.07. The van der Waals surface area contributed by atoms with Gasteiger partial charge in [0, 0.05) is 0 Å². The normalized spacial score (nSPS) is 20.5. The molecule has 1 aromatic heterocycles. The van der Waals surface area contributed by atoms with Crippen molar-refractivity contribution in [1.82, 2.24) is 4.57 Å². The van der Waals surface area contributed by atoms with Gasteiger partial charge in [0.2, 0.25) is 0 Å². The maximum atomic E-state index is 5.98. The molecule has 7 heterocycles. The van der Waals surface area contributed by atoms with E-state index >= 15 is 0 Å². The molecule has 7 aromatic rings. The summed E-state index contributed by atoms with van der Waals surface area (Å²) in [7, 11) is 2.33. The first-order chi connectivity index (χ1) is 23.7. The predicted molar refractivity (Wildman–Crippen MR) is 214 cm³/mol. The zero-order valence-corrected chi connectivity index (χ0v) is 27.9. The summed E-state index contributed by atoms with van der Waals surface area (Å²) in [5.41, 5.74) is 13.4. The molecule has 6 aromatic carbocycles. The Labute approximate surface area is 284 Å². The Morgan fingerprint density at radius 1 is 0.667 bits per heavy atom. The Kier molecular flexibility index (Phi) is 4.49. The van der Waals surface area contributed by atoms with E-state index in [0.717, 1.165) is 12.4 Å². The van der Waals surface area contributed by atoms with Crippen LogP contribution in [0.3, 0.4) is 0 Å². The SMILES string of the molecule is [B]1B2[B-]P12(N=[P+]1B2[B-]B21)c1cccc2c1B1c3c(cccc3C2(c2ccccc2)c2ccccc2)-n2c3ccccc3c3cccc1c32. The van der Waals surface area contributed by atoms with Crippen LogP contribution >= 0.6 is 13.9 Å². The Balaban J connectivity index is 1.25. The van der Waals surface area contributed by atoms with Crippen molar-refractivity contribution >= 4 is 104 Å². The van der Waals surface area contributed by atoms with Crippen LogP contribution in [0.15, 0.2) is 144 Å².